The Kier molecular flexibility index (Phi) is 5.90. The highest BCUT2D eigenvalue weighted by Gasteiger charge is 2.25. The second kappa shape index (κ2) is 8.97. The topological polar surface area (TPSA) is 39.1 Å². The largest absolute Gasteiger partial charge is 0.495 e. The third-order valence-electron chi connectivity index (χ3n) is 6.72. The Labute approximate surface area is 194 Å². The SMILES string of the molecule is COc1cccc2c(-c3cncc(-c4ccc(Cl)cc4)c3)cn(C(C)C3CCCNC3)c12. The predicted octanol–water partition coefficient (Wildman–Crippen LogP) is 6.59. The fraction of sp³-hybridized carbons (Fsp3) is 0.296. The van der Waals surface area contributed by atoms with E-state index in [-0.39, 0.29) is 0 Å². The molecule has 1 aliphatic rings. The van der Waals surface area contributed by atoms with Crippen LogP contribution in [0.4, 0.5) is 0 Å². The highest BCUT2D eigenvalue weighted by atomic mass is 35.5. The zero-order chi connectivity index (χ0) is 22.1. The molecule has 2 aromatic heterocycles. The van der Waals surface area contributed by atoms with E-state index >= 15 is 0 Å². The summed E-state index contributed by atoms with van der Waals surface area (Å²) in [6, 6.07) is 16.8. The number of hydrogen-bond donors (Lipinski definition) is 1. The Morgan fingerprint density at radius 1 is 1.09 bits per heavy atom. The molecule has 1 saturated heterocycles. The Bertz CT molecular complexity index is 1230. The second-order valence-electron chi connectivity index (χ2n) is 8.62. The number of halogens is 1. The first kappa shape index (κ1) is 21.0. The lowest BCUT2D eigenvalue weighted by Crippen LogP contribution is -2.34. The number of pyridine rings is 1. The third-order valence-corrected chi connectivity index (χ3v) is 6.97. The molecule has 0 bridgehead atoms. The van der Waals surface area contributed by atoms with Gasteiger partial charge < -0.3 is 14.6 Å². The van der Waals surface area contributed by atoms with Crippen LogP contribution in [0.3, 0.4) is 0 Å². The van der Waals surface area contributed by atoms with Crippen LogP contribution in [-0.2, 0) is 0 Å². The summed E-state index contributed by atoms with van der Waals surface area (Å²) in [4.78, 5) is 4.57. The Morgan fingerprint density at radius 3 is 2.66 bits per heavy atom. The van der Waals surface area contributed by atoms with E-state index in [9.17, 15) is 0 Å². The van der Waals surface area contributed by atoms with Crippen LogP contribution in [0, 0.1) is 5.92 Å². The smallest absolute Gasteiger partial charge is 0.143 e. The van der Waals surface area contributed by atoms with Crippen molar-refractivity contribution in [1.82, 2.24) is 14.9 Å². The van der Waals surface area contributed by atoms with Crippen molar-refractivity contribution in [3.63, 3.8) is 0 Å². The highest BCUT2D eigenvalue weighted by molar-refractivity contribution is 6.30. The number of para-hydroxylation sites is 1. The van der Waals surface area contributed by atoms with Crippen molar-refractivity contribution < 1.29 is 4.74 Å². The first-order valence-electron chi connectivity index (χ1n) is 11.3. The normalized spacial score (nSPS) is 17.4. The molecule has 1 N–H and O–H groups in total. The minimum atomic E-state index is 0.364. The molecule has 0 saturated carbocycles. The molecule has 4 nitrogen and oxygen atoms in total. The number of piperidine rings is 1. The van der Waals surface area contributed by atoms with Crippen LogP contribution in [0.5, 0.6) is 5.75 Å². The number of fused-ring (bicyclic) bond motifs is 1. The van der Waals surface area contributed by atoms with Gasteiger partial charge in [-0.15, -0.1) is 0 Å². The minimum absolute atomic E-state index is 0.364. The van der Waals surface area contributed by atoms with E-state index in [1.807, 2.05) is 36.7 Å². The van der Waals surface area contributed by atoms with E-state index < -0.39 is 0 Å². The van der Waals surface area contributed by atoms with Gasteiger partial charge in [-0.05, 0) is 68.6 Å². The lowest BCUT2D eigenvalue weighted by atomic mass is 9.92. The Balaban J connectivity index is 1.63. The predicted molar refractivity (Wildman–Crippen MR) is 132 cm³/mol. The van der Waals surface area contributed by atoms with Gasteiger partial charge >= 0.3 is 0 Å². The summed E-state index contributed by atoms with van der Waals surface area (Å²) in [5.74, 6) is 1.50. The van der Waals surface area contributed by atoms with Crippen LogP contribution in [0.25, 0.3) is 33.2 Å². The summed E-state index contributed by atoms with van der Waals surface area (Å²) in [5.41, 5.74) is 5.61. The van der Waals surface area contributed by atoms with Gasteiger partial charge in [0.15, 0.2) is 0 Å². The van der Waals surface area contributed by atoms with Crippen molar-refractivity contribution >= 4 is 22.5 Å². The quantitative estimate of drug-likeness (QED) is 0.376. The van der Waals surface area contributed by atoms with E-state index in [4.69, 9.17) is 16.3 Å². The van der Waals surface area contributed by atoms with Crippen LogP contribution >= 0.6 is 11.6 Å². The molecular formula is C27H28ClN3O. The van der Waals surface area contributed by atoms with Crippen LogP contribution in [0.2, 0.25) is 5.02 Å². The summed E-state index contributed by atoms with van der Waals surface area (Å²) >= 11 is 6.08. The standard InChI is InChI=1S/C27H28ClN3O/c1-18(20-5-4-12-29-14-20)31-17-25(24-6-3-7-26(32-2)27(24)31)22-13-21(15-30-16-22)19-8-10-23(28)11-9-19/h3,6-11,13,15-18,20,29H,4-5,12,14H2,1-2H3. The maximum Gasteiger partial charge on any atom is 0.143 e. The van der Waals surface area contributed by atoms with Crippen molar-refractivity contribution in [3.05, 3.63) is 72.1 Å². The molecule has 3 heterocycles. The molecule has 164 valence electrons. The van der Waals surface area contributed by atoms with Crippen molar-refractivity contribution in [3.8, 4) is 28.0 Å². The van der Waals surface area contributed by atoms with Crippen molar-refractivity contribution in [2.24, 2.45) is 5.92 Å². The number of benzene rings is 2. The lowest BCUT2D eigenvalue weighted by molar-refractivity contribution is 0.283. The lowest BCUT2D eigenvalue weighted by Gasteiger charge is -2.30. The van der Waals surface area contributed by atoms with E-state index in [0.29, 0.717) is 12.0 Å². The van der Waals surface area contributed by atoms with Crippen LogP contribution < -0.4 is 10.1 Å². The number of rotatable bonds is 5. The van der Waals surface area contributed by atoms with Crippen LogP contribution in [0.1, 0.15) is 25.8 Å². The molecule has 0 spiro atoms. The average molecular weight is 446 g/mol. The van der Waals surface area contributed by atoms with E-state index in [0.717, 1.165) is 46.1 Å². The van der Waals surface area contributed by atoms with Gasteiger partial charge in [-0.1, -0.05) is 35.9 Å². The fourth-order valence-electron chi connectivity index (χ4n) is 4.90. The summed E-state index contributed by atoms with van der Waals surface area (Å²) < 4.78 is 8.21. The van der Waals surface area contributed by atoms with Gasteiger partial charge in [0.2, 0.25) is 0 Å². The van der Waals surface area contributed by atoms with Gasteiger partial charge in [-0.2, -0.15) is 0 Å². The number of hydrogen-bond acceptors (Lipinski definition) is 3. The average Bonchev–Trinajstić information content (AvgIpc) is 3.24. The summed E-state index contributed by atoms with van der Waals surface area (Å²) in [7, 11) is 1.75. The Morgan fingerprint density at radius 2 is 1.91 bits per heavy atom. The van der Waals surface area contributed by atoms with Gasteiger partial charge in [0.1, 0.15) is 5.75 Å². The molecule has 5 heteroatoms. The van der Waals surface area contributed by atoms with Gasteiger partial charge in [-0.25, -0.2) is 0 Å². The number of aromatic nitrogens is 2. The zero-order valence-corrected chi connectivity index (χ0v) is 19.3. The van der Waals surface area contributed by atoms with Gasteiger partial charge in [0.05, 0.1) is 12.6 Å². The molecule has 4 aromatic rings. The maximum absolute atomic E-state index is 6.08. The molecule has 1 fully saturated rings. The van der Waals surface area contributed by atoms with Crippen molar-refractivity contribution in [1.29, 1.82) is 0 Å². The maximum atomic E-state index is 6.08. The summed E-state index contributed by atoms with van der Waals surface area (Å²) in [6.07, 6.45) is 8.61. The van der Waals surface area contributed by atoms with Crippen LogP contribution in [0.15, 0.2) is 67.1 Å². The summed E-state index contributed by atoms with van der Waals surface area (Å²) in [6.45, 7) is 4.50. The molecule has 2 atom stereocenters. The monoisotopic (exact) mass is 445 g/mol. The number of nitrogens with zero attached hydrogens (tertiary/aromatic N) is 2. The molecular weight excluding hydrogens is 418 g/mol. The van der Waals surface area contributed by atoms with Gasteiger partial charge in [0.25, 0.3) is 0 Å². The molecule has 0 aliphatic carbocycles. The second-order valence-corrected chi connectivity index (χ2v) is 9.06. The first-order chi connectivity index (χ1) is 15.7. The molecule has 2 unspecified atom stereocenters. The number of methoxy groups -OCH3 is 1. The molecule has 5 rings (SSSR count). The van der Waals surface area contributed by atoms with Gasteiger partial charge in [-0.3, -0.25) is 4.98 Å². The molecule has 1 aliphatic heterocycles. The van der Waals surface area contributed by atoms with Crippen molar-refractivity contribution in [2.75, 3.05) is 20.2 Å². The van der Waals surface area contributed by atoms with E-state index in [1.165, 1.54) is 23.8 Å². The number of nitrogens with one attached hydrogen (secondary N) is 1. The van der Waals surface area contributed by atoms with E-state index in [2.05, 4.69) is 52.3 Å². The van der Waals surface area contributed by atoms with Crippen LogP contribution in [-0.4, -0.2) is 29.8 Å². The summed E-state index contributed by atoms with van der Waals surface area (Å²) in [5, 5.41) is 5.49. The van der Waals surface area contributed by atoms with Crippen molar-refractivity contribution in [2.45, 2.75) is 25.8 Å². The highest BCUT2D eigenvalue weighted by Crippen LogP contribution is 2.40. The first-order valence-corrected chi connectivity index (χ1v) is 11.6. The Hall–Kier alpha value is -2.82. The fourth-order valence-corrected chi connectivity index (χ4v) is 5.03. The molecule has 2 aromatic carbocycles. The zero-order valence-electron chi connectivity index (χ0n) is 18.5. The van der Waals surface area contributed by atoms with E-state index in [1.54, 1.807) is 7.11 Å². The molecule has 0 radical (unpaired) electrons. The molecule has 0 amide bonds. The third kappa shape index (κ3) is 3.89. The minimum Gasteiger partial charge on any atom is -0.495 e. The van der Waals surface area contributed by atoms with Gasteiger partial charge in [0, 0.05) is 51.7 Å². The molecule has 32 heavy (non-hydrogen) atoms. The number of ether oxygens (including phenoxy) is 1.